The summed E-state index contributed by atoms with van der Waals surface area (Å²) in [4.78, 5) is 13.7. The van der Waals surface area contributed by atoms with Gasteiger partial charge in [0.1, 0.15) is 6.61 Å². The molecule has 2 aromatic rings. The number of amides is 1. The van der Waals surface area contributed by atoms with Crippen LogP contribution in [0.5, 0.6) is 0 Å². The van der Waals surface area contributed by atoms with Crippen molar-refractivity contribution in [2.45, 2.75) is 6.61 Å². The van der Waals surface area contributed by atoms with Crippen LogP contribution in [0.1, 0.15) is 5.56 Å². The van der Waals surface area contributed by atoms with Crippen LogP contribution in [-0.4, -0.2) is 20.2 Å². The molecule has 20 heavy (non-hydrogen) atoms. The van der Waals surface area contributed by atoms with Gasteiger partial charge in [0.25, 0.3) is 0 Å². The number of nitrogens with zero attached hydrogens (tertiary/aromatic N) is 1. The largest absolute Gasteiger partial charge is 0.444 e. The van der Waals surface area contributed by atoms with Crippen LogP contribution in [0, 0.1) is 0 Å². The number of anilines is 2. The molecule has 104 valence electrons. The fourth-order valence-corrected chi connectivity index (χ4v) is 1.72. The number of hydrogen-bond acceptors (Lipinski definition) is 3. The van der Waals surface area contributed by atoms with E-state index in [2.05, 4.69) is 5.32 Å². The SMILES string of the molecule is CN(C)c1ccc(NC(=O)OCc2ccccc2)cc1. The molecule has 0 unspecified atom stereocenters. The maximum atomic E-state index is 11.7. The van der Waals surface area contributed by atoms with Crippen LogP contribution in [0.25, 0.3) is 0 Å². The molecule has 4 nitrogen and oxygen atoms in total. The molecule has 0 saturated carbocycles. The highest BCUT2D eigenvalue weighted by molar-refractivity contribution is 5.84. The third-order valence-electron chi connectivity index (χ3n) is 2.84. The van der Waals surface area contributed by atoms with Crippen LogP contribution < -0.4 is 10.2 Å². The van der Waals surface area contributed by atoms with Crippen molar-refractivity contribution in [1.29, 1.82) is 0 Å². The minimum absolute atomic E-state index is 0.266. The Labute approximate surface area is 119 Å². The van der Waals surface area contributed by atoms with Crippen LogP contribution in [0.2, 0.25) is 0 Å². The molecule has 1 amide bonds. The first-order valence-corrected chi connectivity index (χ1v) is 6.40. The average molecular weight is 270 g/mol. The Kier molecular flexibility index (Phi) is 4.60. The van der Waals surface area contributed by atoms with Crippen molar-refractivity contribution in [2.24, 2.45) is 0 Å². The Morgan fingerprint density at radius 3 is 2.30 bits per heavy atom. The Bertz CT molecular complexity index is 550. The topological polar surface area (TPSA) is 41.6 Å². The molecule has 2 rings (SSSR count). The van der Waals surface area contributed by atoms with E-state index in [1.54, 1.807) is 0 Å². The molecule has 0 aromatic heterocycles. The molecule has 1 N–H and O–H groups in total. The molecule has 0 fully saturated rings. The maximum absolute atomic E-state index is 11.7. The summed E-state index contributed by atoms with van der Waals surface area (Å²) < 4.78 is 5.15. The van der Waals surface area contributed by atoms with Crippen molar-refractivity contribution in [3.63, 3.8) is 0 Å². The summed E-state index contributed by atoms with van der Waals surface area (Å²) in [7, 11) is 3.94. The zero-order chi connectivity index (χ0) is 14.4. The van der Waals surface area contributed by atoms with E-state index >= 15 is 0 Å². The van der Waals surface area contributed by atoms with Crippen molar-refractivity contribution < 1.29 is 9.53 Å². The second-order valence-corrected chi connectivity index (χ2v) is 4.63. The molecule has 0 aliphatic carbocycles. The van der Waals surface area contributed by atoms with Crippen LogP contribution in [0.4, 0.5) is 16.2 Å². The summed E-state index contributed by atoms with van der Waals surface area (Å²) in [6.45, 7) is 0.266. The van der Waals surface area contributed by atoms with Gasteiger partial charge in [0, 0.05) is 25.5 Å². The highest BCUT2D eigenvalue weighted by Gasteiger charge is 2.04. The van der Waals surface area contributed by atoms with Gasteiger partial charge in [-0.2, -0.15) is 0 Å². The molecule has 0 aliphatic rings. The van der Waals surface area contributed by atoms with E-state index in [9.17, 15) is 4.79 Å². The highest BCUT2D eigenvalue weighted by Crippen LogP contribution is 2.15. The Morgan fingerprint density at radius 2 is 1.70 bits per heavy atom. The standard InChI is InChI=1S/C16H18N2O2/c1-18(2)15-10-8-14(9-11-15)17-16(19)20-12-13-6-4-3-5-7-13/h3-11H,12H2,1-2H3,(H,17,19). The number of rotatable bonds is 4. The molecule has 2 aromatic carbocycles. The smallest absolute Gasteiger partial charge is 0.411 e. The molecule has 0 heterocycles. The molecule has 0 radical (unpaired) electrons. The number of hydrogen-bond donors (Lipinski definition) is 1. The molecule has 0 spiro atoms. The third kappa shape index (κ3) is 4.02. The zero-order valence-corrected chi connectivity index (χ0v) is 11.7. The van der Waals surface area contributed by atoms with E-state index in [0.29, 0.717) is 5.69 Å². The monoisotopic (exact) mass is 270 g/mol. The van der Waals surface area contributed by atoms with Crippen molar-refractivity contribution in [3.05, 3.63) is 60.2 Å². The fraction of sp³-hybridized carbons (Fsp3) is 0.188. The first-order valence-electron chi connectivity index (χ1n) is 6.40. The predicted molar refractivity (Wildman–Crippen MR) is 81.0 cm³/mol. The lowest BCUT2D eigenvalue weighted by Crippen LogP contribution is -2.14. The van der Waals surface area contributed by atoms with Crippen LogP contribution in [0.3, 0.4) is 0 Å². The second kappa shape index (κ2) is 6.61. The molecule has 0 saturated heterocycles. The van der Waals surface area contributed by atoms with Crippen LogP contribution >= 0.6 is 0 Å². The first kappa shape index (κ1) is 13.9. The first-order chi connectivity index (χ1) is 9.65. The van der Waals surface area contributed by atoms with Crippen molar-refractivity contribution in [1.82, 2.24) is 0 Å². The van der Waals surface area contributed by atoms with Gasteiger partial charge < -0.3 is 9.64 Å². The lowest BCUT2D eigenvalue weighted by atomic mass is 10.2. The summed E-state index contributed by atoms with van der Waals surface area (Å²) in [6, 6.07) is 17.2. The van der Waals surface area contributed by atoms with Crippen molar-refractivity contribution in [2.75, 3.05) is 24.3 Å². The predicted octanol–water partition coefficient (Wildman–Crippen LogP) is 3.50. The minimum Gasteiger partial charge on any atom is -0.444 e. The van der Waals surface area contributed by atoms with Gasteiger partial charge in [-0.15, -0.1) is 0 Å². The van der Waals surface area contributed by atoms with Crippen molar-refractivity contribution >= 4 is 17.5 Å². The number of carbonyl (C=O) groups excluding carboxylic acids is 1. The van der Waals surface area contributed by atoms with E-state index in [1.807, 2.05) is 73.6 Å². The van der Waals surface area contributed by atoms with E-state index in [4.69, 9.17) is 4.74 Å². The number of benzene rings is 2. The molecule has 0 bridgehead atoms. The van der Waals surface area contributed by atoms with E-state index < -0.39 is 6.09 Å². The Morgan fingerprint density at radius 1 is 1.05 bits per heavy atom. The summed E-state index contributed by atoms with van der Waals surface area (Å²) in [5.74, 6) is 0. The number of nitrogens with one attached hydrogen (secondary N) is 1. The molecular weight excluding hydrogens is 252 g/mol. The lowest BCUT2D eigenvalue weighted by Gasteiger charge is -2.13. The van der Waals surface area contributed by atoms with E-state index in [1.165, 1.54) is 0 Å². The molecule has 0 atom stereocenters. The summed E-state index contributed by atoms with van der Waals surface area (Å²) >= 11 is 0. The van der Waals surface area contributed by atoms with Gasteiger partial charge in [0.2, 0.25) is 0 Å². The Balaban J connectivity index is 1.85. The van der Waals surface area contributed by atoms with Gasteiger partial charge in [-0.1, -0.05) is 30.3 Å². The van der Waals surface area contributed by atoms with E-state index in [-0.39, 0.29) is 6.61 Å². The number of ether oxygens (including phenoxy) is 1. The minimum atomic E-state index is -0.452. The van der Waals surface area contributed by atoms with Gasteiger partial charge in [-0.05, 0) is 29.8 Å². The van der Waals surface area contributed by atoms with Gasteiger partial charge >= 0.3 is 6.09 Å². The van der Waals surface area contributed by atoms with Gasteiger partial charge in [-0.3, -0.25) is 5.32 Å². The molecule has 0 aliphatic heterocycles. The highest BCUT2D eigenvalue weighted by atomic mass is 16.5. The van der Waals surface area contributed by atoms with Gasteiger partial charge in [0.15, 0.2) is 0 Å². The third-order valence-corrected chi connectivity index (χ3v) is 2.84. The molecular formula is C16H18N2O2. The second-order valence-electron chi connectivity index (χ2n) is 4.63. The van der Waals surface area contributed by atoms with Gasteiger partial charge in [-0.25, -0.2) is 4.79 Å². The Hall–Kier alpha value is -2.49. The van der Waals surface area contributed by atoms with E-state index in [0.717, 1.165) is 11.3 Å². The maximum Gasteiger partial charge on any atom is 0.411 e. The fourth-order valence-electron chi connectivity index (χ4n) is 1.72. The summed E-state index contributed by atoms with van der Waals surface area (Å²) in [5.41, 5.74) is 2.76. The van der Waals surface area contributed by atoms with Crippen molar-refractivity contribution in [3.8, 4) is 0 Å². The van der Waals surface area contributed by atoms with Crippen LogP contribution in [0.15, 0.2) is 54.6 Å². The summed E-state index contributed by atoms with van der Waals surface area (Å²) in [6.07, 6.45) is -0.452. The zero-order valence-electron chi connectivity index (χ0n) is 11.7. The normalized spacial score (nSPS) is 9.90. The quantitative estimate of drug-likeness (QED) is 0.924. The number of carbonyl (C=O) groups is 1. The molecule has 4 heteroatoms. The summed E-state index contributed by atoms with van der Waals surface area (Å²) in [5, 5.41) is 2.70. The van der Waals surface area contributed by atoms with Crippen LogP contribution in [-0.2, 0) is 11.3 Å². The lowest BCUT2D eigenvalue weighted by molar-refractivity contribution is 0.155. The average Bonchev–Trinajstić information content (AvgIpc) is 2.47. The van der Waals surface area contributed by atoms with Gasteiger partial charge in [0.05, 0.1) is 0 Å².